The van der Waals surface area contributed by atoms with Crippen molar-refractivity contribution in [3.05, 3.63) is 94.5 Å². The number of rotatable bonds is 5. The second kappa shape index (κ2) is 9.17. The van der Waals surface area contributed by atoms with E-state index in [2.05, 4.69) is 31.4 Å². The number of amides is 2. The van der Waals surface area contributed by atoms with Gasteiger partial charge in [0, 0.05) is 16.9 Å². The largest absolute Gasteiger partial charge is 0.326 e. The van der Waals surface area contributed by atoms with Gasteiger partial charge in [0.05, 0.1) is 6.42 Å². The Morgan fingerprint density at radius 3 is 2.10 bits per heavy atom. The van der Waals surface area contributed by atoms with Gasteiger partial charge in [-0.25, -0.2) is 0 Å². The lowest BCUT2D eigenvalue weighted by Gasteiger charge is -2.19. The van der Waals surface area contributed by atoms with Crippen LogP contribution in [0.1, 0.15) is 53.4 Å². The highest BCUT2D eigenvalue weighted by molar-refractivity contribution is 6.04. The molecule has 3 aromatic rings. The molecular weight excluding hydrogens is 384 g/mol. The summed E-state index contributed by atoms with van der Waals surface area (Å²) in [6.45, 7) is 10.4. The fourth-order valence-corrected chi connectivity index (χ4v) is 3.37. The van der Waals surface area contributed by atoms with Crippen LogP contribution in [0.5, 0.6) is 0 Å². The molecule has 0 fully saturated rings. The van der Waals surface area contributed by atoms with Crippen LogP contribution in [0.25, 0.3) is 0 Å². The normalized spacial score (nSPS) is 11.1. The van der Waals surface area contributed by atoms with E-state index in [1.807, 2.05) is 74.5 Å². The van der Waals surface area contributed by atoms with Crippen LogP contribution < -0.4 is 10.6 Å². The molecule has 160 valence electrons. The predicted molar refractivity (Wildman–Crippen MR) is 128 cm³/mol. The van der Waals surface area contributed by atoms with Crippen molar-refractivity contribution >= 4 is 23.2 Å². The van der Waals surface area contributed by atoms with Gasteiger partial charge in [-0.3, -0.25) is 9.59 Å². The number of nitrogens with one attached hydrogen (secondary N) is 2. The Balaban J connectivity index is 1.65. The Labute approximate surface area is 184 Å². The Hall–Kier alpha value is -3.40. The molecule has 0 aliphatic heterocycles. The summed E-state index contributed by atoms with van der Waals surface area (Å²) in [6.07, 6.45) is 0.310. The number of hydrogen-bond donors (Lipinski definition) is 2. The van der Waals surface area contributed by atoms with Crippen molar-refractivity contribution in [3.63, 3.8) is 0 Å². The highest BCUT2D eigenvalue weighted by Gasteiger charge is 2.14. The molecule has 31 heavy (non-hydrogen) atoms. The molecule has 2 N–H and O–H groups in total. The van der Waals surface area contributed by atoms with E-state index < -0.39 is 0 Å². The lowest BCUT2D eigenvalue weighted by molar-refractivity contribution is -0.115. The Kier molecular flexibility index (Phi) is 6.59. The molecule has 0 bridgehead atoms. The zero-order chi connectivity index (χ0) is 22.6. The minimum Gasteiger partial charge on any atom is -0.326 e. The molecule has 0 unspecified atom stereocenters. The Bertz CT molecular complexity index is 1090. The quantitative estimate of drug-likeness (QED) is 0.535. The molecule has 0 heterocycles. The molecule has 0 aromatic heterocycles. The van der Waals surface area contributed by atoms with Crippen LogP contribution in [-0.2, 0) is 16.6 Å². The summed E-state index contributed by atoms with van der Waals surface area (Å²) in [5.74, 6) is -0.269. The van der Waals surface area contributed by atoms with Gasteiger partial charge in [-0.05, 0) is 66.3 Å². The van der Waals surface area contributed by atoms with E-state index in [0.717, 1.165) is 16.7 Å². The maximum Gasteiger partial charge on any atom is 0.255 e. The van der Waals surface area contributed by atoms with Gasteiger partial charge in [0.15, 0.2) is 0 Å². The first-order chi connectivity index (χ1) is 14.6. The third-order valence-corrected chi connectivity index (χ3v) is 5.27. The van der Waals surface area contributed by atoms with Gasteiger partial charge >= 0.3 is 0 Å². The average Bonchev–Trinajstić information content (AvgIpc) is 2.70. The van der Waals surface area contributed by atoms with E-state index in [4.69, 9.17) is 0 Å². The van der Waals surface area contributed by atoms with Gasteiger partial charge in [0.25, 0.3) is 5.91 Å². The van der Waals surface area contributed by atoms with Gasteiger partial charge in [-0.1, -0.05) is 62.7 Å². The maximum absolute atomic E-state index is 12.6. The smallest absolute Gasteiger partial charge is 0.255 e. The van der Waals surface area contributed by atoms with Crippen molar-refractivity contribution in [2.75, 3.05) is 10.6 Å². The Morgan fingerprint density at radius 1 is 0.806 bits per heavy atom. The third-order valence-electron chi connectivity index (χ3n) is 5.27. The fraction of sp³-hybridized carbons (Fsp3) is 0.259. The number of aryl methyl sites for hydroxylation is 2. The van der Waals surface area contributed by atoms with Gasteiger partial charge in [-0.15, -0.1) is 0 Å². The lowest BCUT2D eigenvalue weighted by atomic mass is 9.87. The molecule has 0 atom stereocenters. The second-order valence-corrected chi connectivity index (χ2v) is 9.02. The molecule has 3 aromatic carbocycles. The first-order valence-electron chi connectivity index (χ1n) is 10.5. The zero-order valence-corrected chi connectivity index (χ0v) is 18.9. The summed E-state index contributed by atoms with van der Waals surface area (Å²) in [4.78, 5) is 25.1. The van der Waals surface area contributed by atoms with Gasteiger partial charge in [0.1, 0.15) is 0 Å². The summed E-state index contributed by atoms with van der Waals surface area (Å²) in [7, 11) is 0. The molecule has 4 nitrogen and oxygen atoms in total. The molecule has 0 aliphatic carbocycles. The summed E-state index contributed by atoms with van der Waals surface area (Å²) in [5, 5.41) is 5.83. The number of benzene rings is 3. The molecule has 0 spiro atoms. The van der Waals surface area contributed by atoms with Crippen molar-refractivity contribution in [2.45, 2.75) is 46.5 Å². The van der Waals surface area contributed by atoms with Crippen molar-refractivity contribution in [3.8, 4) is 0 Å². The molecule has 0 saturated carbocycles. The molecule has 0 radical (unpaired) electrons. The van der Waals surface area contributed by atoms with Crippen LogP contribution in [0.2, 0.25) is 0 Å². The highest BCUT2D eigenvalue weighted by Crippen LogP contribution is 2.23. The topological polar surface area (TPSA) is 58.2 Å². The van der Waals surface area contributed by atoms with Crippen molar-refractivity contribution in [1.82, 2.24) is 0 Å². The molecule has 4 heteroatoms. The average molecular weight is 415 g/mol. The molecule has 3 rings (SSSR count). The van der Waals surface area contributed by atoms with E-state index in [-0.39, 0.29) is 17.2 Å². The molecular formula is C27H30N2O2. The zero-order valence-electron chi connectivity index (χ0n) is 18.9. The molecule has 2 amide bonds. The van der Waals surface area contributed by atoms with E-state index in [1.54, 1.807) is 6.07 Å². The van der Waals surface area contributed by atoms with Crippen LogP contribution in [0.3, 0.4) is 0 Å². The Morgan fingerprint density at radius 2 is 1.45 bits per heavy atom. The van der Waals surface area contributed by atoms with E-state index >= 15 is 0 Å². The third kappa shape index (κ3) is 6.05. The summed E-state index contributed by atoms with van der Waals surface area (Å²) < 4.78 is 0. The van der Waals surface area contributed by atoms with Gasteiger partial charge in [-0.2, -0.15) is 0 Å². The highest BCUT2D eigenvalue weighted by atomic mass is 16.2. The first-order valence-corrected chi connectivity index (χ1v) is 10.5. The monoisotopic (exact) mass is 414 g/mol. The van der Waals surface area contributed by atoms with Crippen LogP contribution >= 0.6 is 0 Å². The number of carbonyl (C=O) groups is 2. The van der Waals surface area contributed by atoms with E-state index in [1.165, 1.54) is 5.56 Å². The van der Waals surface area contributed by atoms with Crippen molar-refractivity contribution < 1.29 is 9.59 Å². The first kappa shape index (κ1) is 22.3. The van der Waals surface area contributed by atoms with E-state index in [9.17, 15) is 9.59 Å². The number of hydrogen-bond acceptors (Lipinski definition) is 2. The van der Waals surface area contributed by atoms with E-state index in [0.29, 0.717) is 23.4 Å². The lowest BCUT2D eigenvalue weighted by Crippen LogP contribution is -2.16. The summed E-state index contributed by atoms with van der Waals surface area (Å²) >= 11 is 0. The maximum atomic E-state index is 12.6. The predicted octanol–water partition coefficient (Wildman–Crippen LogP) is 6.03. The van der Waals surface area contributed by atoms with Crippen LogP contribution in [0.15, 0.2) is 66.7 Å². The van der Waals surface area contributed by atoms with Crippen LogP contribution in [0, 0.1) is 13.8 Å². The standard InChI is InChI=1S/C27H30N2O2/c1-18-9-10-19(2)21(15-18)16-25(30)28-23-7-6-8-24(17-23)29-26(31)20-11-13-22(14-12-20)27(3,4)5/h6-15,17H,16H2,1-5H3,(H,28,30)(H,29,31). The van der Waals surface area contributed by atoms with Crippen molar-refractivity contribution in [1.29, 1.82) is 0 Å². The summed E-state index contributed by atoms with van der Waals surface area (Å²) in [5.41, 5.74) is 6.34. The van der Waals surface area contributed by atoms with Gasteiger partial charge in [0.2, 0.25) is 5.91 Å². The fourth-order valence-electron chi connectivity index (χ4n) is 3.37. The van der Waals surface area contributed by atoms with Gasteiger partial charge < -0.3 is 10.6 Å². The number of anilines is 2. The minimum absolute atomic E-state index is 0.0402. The molecule has 0 saturated heterocycles. The SMILES string of the molecule is Cc1ccc(C)c(CC(=O)Nc2cccc(NC(=O)c3ccc(C(C)(C)C)cc3)c2)c1. The number of carbonyl (C=O) groups excluding carboxylic acids is 2. The van der Waals surface area contributed by atoms with Crippen molar-refractivity contribution in [2.24, 2.45) is 0 Å². The molecule has 0 aliphatic rings. The minimum atomic E-state index is -0.181. The van der Waals surface area contributed by atoms with Crippen LogP contribution in [-0.4, -0.2) is 11.8 Å². The second-order valence-electron chi connectivity index (χ2n) is 9.02. The summed E-state index contributed by atoms with van der Waals surface area (Å²) in [6, 6.07) is 21.0. The van der Waals surface area contributed by atoms with Crippen LogP contribution in [0.4, 0.5) is 11.4 Å².